The van der Waals surface area contributed by atoms with Crippen LogP contribution in [0.25, 0.3) is 0 Å². The van der Waals surface area contributed by atoms with E-state index in [1.807, 2.05) is 0 Å². The van der Waals surface area contributed by atoms with Gasteiger partial charge in [0.15, 0.2) is 0 Å². The molecule has 0 spiro atoms. The van der Waals surface area contributed by atoms with Gasteiger partial charge >= 0.3 is 5.97 Å². The molecule has 108 valence electrons. The summed E-state index contributed by atoms with van der Waals surface area (Å²) in [4.78, 5) is 28.4. The van der Waals surface area contributed by atoms with Crippen LogP contribution in [0.2, 0.25) is 10.0 Å². The first-order valence-electron chi connectivity index (χ1n) is 5.88. The molecule has 1 amide bonds. The van der Waals surface area contributed by atoms with E-state index in [4.69, 9.17) is 28.3 Å². The lowest BCUT2D eigenvalue weighted by molar-refractivity contribution is -0.135. The third-order valence-corrected chi connectivity index (χ3v) is 3.11. The number of carbonyl (C=O) groups is 2. The Labute approximate surface area is 130 Å². The number of rotatable bonds is 4. The first kappa shape index (κ1) is 15.3. The van der Waals surface area contributed by atoms with E-state index in [1.165, 1.54) is 18.3 Å². The molecule has 1 N–H and O–H groups in total. The van der Waals surface area contributed by atoms with Crippen molar-refractivity contribution in [1.29, 1.82) is 0 Å². The van der Waals surface area contributed by atoms with Crippen LogP contribution in [0.5, 0.6) is 0 Å². The van der Waals surface area contributed by atoms with Crippen LogP contribution in [-0.2, 0) is 4.79 Å². The molecular weight excluding hydrogens is 315 g/mol. The Balaban J connectivity index is 2.38. The fourth-order valence-corrected chi connectivity index (χ4v) is 1.98. The summed E-state index contributed by atoms with van der Waals surface area (Å²) in [6, 6.07) is 9.19. The highest BCUT2D eigenvalue weighted by Gasteiger charge is 2.21. The average Bonchev–Trinajstić information content (AvgIpc) is 2.45. The number of hydrogen-bond acceptors (Lipinski definition) is 3. The van der Waals surface area contributed by atoms with Crippen LogP contribution in [0.15, 0.2) is 42.6 Å². The molecule has 0 aliphatic carbocycles. The van der Waals surface area contributed by atoms with Crippen LogP contribution < -0.4 is 4.90 Å². The van der Waals surface area contributed by atoms with Crippen molar-refractivity contribution in [2.75, 3.05) is 11.4 Å². The molecule has 1 heterocycles. The molecule has 1 aromatic carbocycles. The molecule has 2 aromatic rings. The summed E-state index contributed by atoms with van der Waals surface area (Å²) >= 11 is 11.6. The van der Waals surface area contributed by atoms with Crippen LogP contribution in [0.1, 0.15) is 10.5 Å². The van der Waals surface area contributed by atoms with Crippen molar-refractivity contribution in [3.05, 3.63) is 58.3 Å². The Morgan fingerprint density at radius 2 is 1.76 bits per heavy atom. The van der Waals surface area contributed by atoms with E-state index < -0.39 is 18.4 Å². The quantitative estimate of drug-likeness (QED) is 0.937. The van der Waals surface area contributed by atoms with Crippen LogP contribution in [0.3, 0.4) is 0 Å². The van der Waals surface area contributed by atoms with Crippen molar-refractivity contribution in [3.63, 3.8) is 0 Å². The minimum atomic E-state index is -1.14. The van der Waals surface area contributed by atoms with Gasteiger partial charge in [-0.25, -0.2) is 0 Å². The van der Waals surface area contributed by atoms with E-state index in [9.17, 15) is 9.59 Å². The van der Waals surface area contributed by atoms with Gasteiger partial charge in [0.05, 0.1) is 0 Å². The molecule has 0 aliphatic heterocycles. The first-order valence-corrected chi connectivity index (χ1v) is 6.64. The zero-order chi connectivity index (χ0) is 15.4. The number of halogens is 2. The Morgan fingerprint density at radius 3 is 2.33 bits per heavy atom. The predicted molar refractivity (Wildman–Crippen MR) is 80.0 cm³/mol. The van der Waals surface area contributed by atoms with Crippen LogP contribution in [0.4, 0.5) is 5.69 Å². The average molecular weight is 325 g/mol. The lowest BCUT2D eigenvalue weighted by Gasteiger charge is -2.20. The summed E-state index contributed by atoms with van der Waals surface area (Å²) in [7, 11) is 0. The highest BCUT2D eigenvalue weighted by Crippen LogP contribution is 2.20. The van der Waals surface area contributed by atoms with E-state index in [0.717, 1.165) is 4.90 Å². The van der Waals surface area contributed by atoms with Gasteiger partial charge in [0.2, 0.25) is 0 Å². The molecule has 2 rings (SSSR count). The first-order chi connectivity index (χ1) is 9.97. The second-order valence-electron chi connectivity index (χ2n) is 4.12. The van der Waals surface area contributed by atoms with Crippen LogP contribution >= 0.6 is 23.2 Å². The minimum Gasteiger partial charge on any atom is -0.480 e. The minimum absolute atomic E-state index is 0.0682. The second-order valence-corrected chi connectivity index (χ2v) is 4.99. The number of pyridine rings is 1. The van der Waals surface area contributed by atoms with Crippen LogP contribution in [-0.4, -0.2) is 28.5 Å². The molecule has 1 aromatic heterocycles. The third kappa shape index (κ3) is 3.93. The van der Waals surface area contributed by atoms with E-state index >= 15 is 0 Å². The normalized spacial score (nSPS) is 10.2. The summed E-state index contributed by atoms with van der Waals surface area (Å²) in [5, 5.41) is 9.82. The molecule has 0 unspecified atom stereocenters. The maximum atomic E-state index is 12.4. The molecule has 0 radical (unpaired) electrons. The van der Waals surface area contributed by atoms with Crippen LogP contribution in [0, 0.1) is 0 Å². The summed E-state index contributed by atoms with van der Waals surface area (Å²) in [6.07, 6.45) is 1.39. The van der Waals surface area contributed by atoms with Gasteiger partial charge in [-0.15, -0.1) is 0 Å². The van der Waals surface area contributed by atoms with Crippen molar-refractivity contribution in [1.82, 2.24) is 4.98 Å². The molecular formula is C14H10Cl2N2O3. The smallest absolute Gasteiger partial charge is 0.323 e. The van der Waals surface area contributed by atoms with Gasteiger partial charge in [0, 0.05) is 21.9 Å². The SMILES string of the molecule is O=C(O)CN(C(=O)c1cc(Cl)ccn1)c1ccc(Cl)cc1. The van der Waals surface area contributed by atoms with Gasteiger partial charge in [-0.1, -0.05) is 23.2 Å². The molecule has 21 heavy (non-hydrogen) atoms. The Kier molecular flexibility index (Phi) is 4.77. The molecule has 5 nitrogen and oxygen atoms in total. The largest absolute Gasteiger partial charge is 0.480 e. The van der Waals surface area contributed by atoms with Crippen molar-refractivity contribution in [2.24, 2.45) is 0 Å². The Bertz CT molecular complexity index is 674. The Hall–Kier alpha value is -2.11. The van der Waals surface area contributed by atoms with Crippen molar-refractivity contribution < 1.29 is 14.7 Å². The number of nitrogens with zero attached hydrogens (tertiary/aromatic N) is 2. The number of anilines is 1. The third-order valence-electron chi connectivity index (χ3n) is 2.62. The topological polar surface area (TPSA) is 70.5 Å². The van der Waals surface area contributed by atoms with Crippen molar-refractivity contribution >= 4 is 40.8 Å². The number of aliphatic carboxylic acids is 1. The summed E-state index contributed by atoms with van der Waals surface area (Å²) < 4.78 is 0. The number of benzene rings is 1. The molecule has 0 bridgehead atoms. The lowest BCUT2D eigenvalue weighted by atomic mass is 10.2. The standard InChI is InChI=1S/C14H10Cl2N2O3/c15-9-1-3-11(4-2-9)18(8-13(19)20)14(21)12-7-10(16)5-6-17-12/h1-7H,8H2,(H,19,20). The molecule has 0 saturated heterocycles. The second kappa shape index (κ2) is 6.56. The lowest BCUT2D eigenvalue weighted by Crippen LogP contribution is -2.36. The molecule has 0 saturated carbocycles. The fourth-order valence-electron chi connectivity index (χ4n) is 1.70. The summed E-state index contributed by atoms with van der Waals surface area (Å²) in [6.45, 7) is -0.491. The summed E-state index contributed by atoms with van der Waals surface area (Å²) in [5.41, 5.74) is 0.479. The number of aromatic nitrogens is 1. The number of carboxylic acids is 1. The maximum absolute atomic E-state index is 12.4. The van der Waals surface area contributed by atoms with E-state index in [-0.39, 0.29) is 5.69 Å². The van der Waals surface area contributed by atoms with Gasteiger partial charge in [-0.05, 0) is 36.4 Å². The molecule has 0 fully saturated rings. The molecule has 0 atom stereocenters. The monoisotopic (exact) mass is 324 g/mol. The highest BCUT2D eigenvalue weighted by atomic mass is 35.5. The highest BCUT2D eigenvalue weighted by molar-refractivity contribution is 6.31. The van der Waals surface area contributed by atoms with E-state index in [0.29, 0.717) is 15.7 Å². The van der Waals surface area contributed by atoms with Gasteiger partial charge in [0.25, 0.3) is 5.91 Å². The maximum Gasteiger partial charge on any atom is 0.323 e. The number of hydrogen-bond donors (Lipinski definition) is 1. The Morgan fingerprint density at radius 1 is 1.10 bits per heavy atom. The van der Waals surface area contributed by atoms with Crippen molar-refractivity contribution in [3.8, 4) is 0 Å². The predicted octanol–water partition coefficient (Wildman–Crippen LogP) is 3.12. The van der Waals surface area contributed by atoms with Gasteiger partial charge < -0.3 is 5.11 Å². The summed E-state index contributed by atoms with van der Waals surface area (Å²) in [5.74, 6) is -1.69. The zero-order valence-electron chi connectivity index (χ0n) is 10.7. The molecule has 7 heteroatoms. The van der Waals surface area contributed by atoms with Gasteiger partial charge in [-0.2, -0.15) is 0 Å². The molecule has 0 aliphatic rings. The van der Waals surface area contributed by atoms with Gasteiger partial charge in [0.1, 0.15) is 12.2 Å². The number of carboxylic acid groups (broad SMARTS) is 1. The number of carbonyl (C=O) groups excluding carboxylic acids is 1. The number of amides is 1. The zero-order valence-corrected chi connectivity index (χ0v) is 12.2. The fraction of sp³-hybridized carbons (Fsp3) is 0.0714. The van der Waals surface area contributed by atoms with Gasteiger partial charge in [-0.3, -0.25) is 19.5 Å². The van der Waals surface area contributed by atoms with E-state index in [2.05, 4.69) is 4.98 Å². The van der Waals surface area contributed by atoms with Crippen molar-refractivity contribution in [2.45, 2.75) is 0 Å². The van der Waals surface area contributed by atoms with E-state index in [1.54, 1.807) is 24.3 Å².